The van der Waals surface area contributed by atoms with Crippen molar-refractivity contribution in [3.05, 3.63) is 46.9 Å². The Bertz CT molecular complexity index is 604. The van der Waals surface area contributed by atoms with Crippen LogP contribution in [0.1, 0.15) is 25.5 Å². The third-order valence-corrected chi connectivity index (χ3v) is 3.18. The van der Waals surface area contributed by atoms with Crippen molar-refractivity contribution >= 4 is 23.3 Å². The Morgan fingerprint density at radius 1 is 1.45 bits per heavy atom. The number of halogens is 2. The number of hydrogen-bond donors (Lipinski definition) is 1. The fraction of sp³-hybridized carbons (Fsp3) is 0.286. The number of anilines is 1. The Morgan fingerprint density at radius 2 is 2.20 bits per heavy atom. The number of rotatable bonds is 4. The maximum atomic E-state index is 13.6. The zero-order valence-corrected chi connectivity index (χ0v) is 12.0. The van der Waals surface area contributed by atoms with Crippen LogP contribution in [0.15, 0.2) is 30.5 Å². The van der Waals surface area contributed by atoms with E-state index in [4.69, 9.17) is 11.6 Å². The lowest BCUT2D eigenvalue weighted by Gasteiger charge is -2.12. The van der Waals surface area contributed by atoms with Crippen molar-refractivity contribution in [2.75, 3.05) is 5.32 Å². The van der Waals surface area contributed by atoms with Gasteiger partial charge in [0.05, 0.1) is 12.6 Å². The van der Waals surface area contributed by atoms with Gasteiger partial charge in [0, 0.05) is 22.7 Å². The number of carbonyl (C=O) groups is 1. The zero-order chi connectivity index (χ0) is 14.7. The maximum Gasteiger partial charge on any atom is 0.230 e. The van der Waals surface area contributed by atoms with E-state index in [2.05, 4.69) is 10.4 Å². The van der Waals surface area contributed by atoms with E-state index in [0.717, 1.165) is 0 Å². The van der Waals surface area contributed by atoms with E-state index in [1.54, 1.807) is 23.0 Å². The van der Waals surface area contributed by atoms with Crippen molar-refractivity contribution < 1.29 is 9.18 Å². The minimum absolute atomic E-state index is 0.116. The number of aromatic nitrogens is 2. The first kappa shape index (κ1) is 14.5. The Hall–Kier alpha value is -1.88. The molecule has 2 aromatic rings. The number of benzene rings is 1. The summed E-state index contributed by atoms with van der Waals surface area (Å²) in [6.07, 6.45) is 1.49. The number of carbonyl (C=O) groups excluding carboxylic acids is 1. The van der Waals surface area contributed by atoms with E-state index in [1.807, 2.05) is 13.8 Å². The van der Waals surface area contributed by atoms with Crippen LogP contribution in [0.2, 0.25) is 5.02 Å². The molecule has 0 fully saturated rings. The second kappa shape index (κ2) is 6.05. The third-order valence-electron chi connectivity index (χ3n) is 2.83. The van der Waals surface area contributed by atoms with Gasteiger partial charge in [0.2, 0.25) is 5.91 Å². The molecule has 0 saturated heterocycles. The predicted molar refractivity (Wildman–Crippen MR) is 76.4 cm³/mol. The number of nitrogens with zero attached hydrogens (tertiary/aromatic N) is 2. The minimum Gasteiger partial charge on any atom is -0.311 e. The van der Waals surface area contributed by atoms with E-state index in [1.165, 1.54) is 12.1 Å². The molecule has 1 amide bonds. The summed E-state index contributed by atoms with van der Waals surface area (Å²) in [5, 5.41) is 7.07. The molecule has 0 spiro atoms. The van der Waals surface area contributed by atoms with Crippen molar-refractivity contribution in [3.63, 3.8) is 0 Å². The highest BCUT2D eigenvalue weighted by Gasteiger charge is 2.14. The van der Waals surface area contributed by atoms with Crippen LogP contribution in [0.3, 0.4) is 0 Å². The van der Waals surface area contributed by atoms with Gasteiger partial charge in [-0.3, -0.25) is 4.79 Å². The molecule has 2 rings (SSSR count). The largest absolute Gasteiger partial charge is 0.311 e. The van der Waals surface area contributed by atoms with Gasteiger partial charge in [-0.05, 0) is 26.0 Å². The van der Waals surface area contributed by atoms with Gasteiger partial charge >= 0.3 is 0 Å². The van der Waals surface area contributed by atoms with Crippen LogP contribution < -0.4 is 5.32 Å². The van der Waals surface area contributed by atoms with Crippen LogP contribution >= 0.6 is 11.6 Å². The van der Waals surface area contributed by atoms with Gasteiger partial charge in [0.15, 0.2) is 0 Å². The third kappa shape index (κ3) is 3.17. The standard InChI is InChI=1S/C14H15ClFN3O/c1-9(2)19-13(6-7-17-19)18-14(20)8-10-11(15)4-3-5-12(10)16/h3-7,9H,8H2,1-2H3,(H,18,20). The predicted octanol–water partition coefficient (Wildman–Crippen LogP) is 3.44. The number of nitrogens with one attached hydrogen (secondary N) is 1. The molecular weight excluding hydrogens is 281 g/mol. The molecule has 1 N–H and O–H groups in total. The Kier molecular flexibility index (Phi) is 4.39. The van der Waals surface area contributed by atoms with Gasteiger partial charge in [-0.25, -0.2) is 9.07 Å². The van der Waals surface area contributed by atoms with Crippen LogP contribution in [-0.4, -0.2) is 15.7 Å². The molecule has 1 aromatic carbocycles. The molecule has 1 heterocycles. The first-order valence-corrected chi connectivity index (χ1v) is 6.63. The average molecular weight is 296 g/mol. The monoisotopic (exact) mass is 295 g/mol. The molecule has 0 saturated carbocycles. The van der Waals surface area contributed by atoms with Crippen LogP contribution in [0.4, 0.5) is 10.2 Å². The molecule has 0 unspecified atom stereocenters. The summed E-state index contributed by atoms with van der Waals surface area (Å²) in [6, 6.07) is 6.17. The highest BCUT2D eigenvalue weighted by molar-refractivity contribution is 6.31. The first-order chi connectivity index (χ1) is 9.49. The SMILES string of the molecule is CC(C)n1nccc1NC(=O)Cc1c(F)cccc1Cl. The van der Waals surface area contributed by atoms with Crippen molar-refractivity contribution in [1.82, 2.24) is 9.78 Å². The number of hydrogen-bond acceptors (Lipinski definition) is 2. The summed E-state index contributed by atoms with van der Waals surface area (Å²) >= 11 is 5.90. The molecule has 0 aliphatic rings. The quantitative estimate of drug-likeness (QED) is 0.939. The highest BCUT2D eigenvalue weighted by atomic mass is 35.5. The van der Waals surface area contributed by atoms with Gasteiger partial charge in [-0.2, -0.15) is 5.10 Å². The second-order valence-corrected chi connectivity index (χ2v) is 5.09. The highest BCUT2D eigenvalue weighted by Crippen LogP contribution is 2.20. The van der Waals surface area contributed by atoms with Crippen LogP contribution in [-0.2, 0) is 11.2 Å². The molecule has 0 atom stereocenters. The topological polar surface area (TPSA) is 46.9 Å². The minimum atomic E-state index is -0.481. The maximum absolute atomic E-state index is 13.6. The first-order valence-electron chi connectivity index (χ1n) is 6.25. The Balaban J connectivity index is 2.12. The molecule has 1 aromatic heterocycles. The molecule has 4 nitrogen and oxygen atoms in total. The summed E-state index contributed by atoms with van der Waals surface area (Å²) in [5.41, 5.74) is 0.197. The lowest BCUT2D eigenvalue weighted by atomic mass is 10.1. The summed E-state index contributed by atoms with van der Waals surface area (Å²) in [6.45, 7) is 3.91. The fourth-order valence-corrected chi connectivity index (χ4v) is 2.10. The smallest absolute Gasteiger partial charge is 0.230 e. The van der Waals surface area contributed by atoms with E-state index >= 15 is 0 Å². The molecule has 106 valence electrons. The lowest BCUT2D eigenvalue weighted by Crippen LogP contribution is -2.19. The molecule has 0 aliphatic heterocycles. The molecule has 6 heteroatoms. The Labute approximate surface area is 121 Å². The van der Waals surface area contributed by atoms with Gasteiger partial charge in [-0.1, -0.05) is 17.7 Å². The average Bonchev–Trinajstić information content (AvgIpc) is 2.82. The molecular formula is C14H15ClFN3O. The van der Waals surface area contributed by atoms with Crippen LogP contribution in [0.5, 0.6) is 0 Å². The van der Waals surface area contributed by atoms with E-state index in [-0.39, 0.29) is 29.0 Å². The second-order valence-electron chi connectivity index (χ2n) is 4.68. The fourth-order valence-electron chi connectivity index (χ4n) is 1.87. The van der Waals surface area contributed by atoms with Crippen molar-refractivity contribution in [2.45, 2.75) is 26.3 Å². The summed E-state index contributed by atoms with van der Waals surface area (Å²) in [4.78, 5) is 12.0. The normalized spacial score (nSPS) is 10.8. The van der Waals surface area contributed by atoms with Crippen molar-refractivity contribution in [3.8, 4) is 0 Å². The van der Waals surface area contributed by atoms with Gasteiger partial charge in [0.1, 0.15) is 11.6 Å². The molecule has 0 bridgehead atoms. The summed E-state index contributed by atoms with van der Waals surface area (Å²) in [7, 11) is 0. The van der Waals surface area contributed by atoms with E-state index in [0.29, 0.717) is 5.82 Å². The summed E-state index contributed by atoms with van der Waals surface area (Å²) < 4.78 is 15.3. The molecule has 0 radical (unpaired) electrons. The van der Waals surface area contributed by atoms with Crippen molar-refractivity contribution in [1.29, 1.82) is 0 Å². The lowest BCUT2D eigenvalue weighted by molar-refractivity contribution is -0.115. The van der Waals surface area contributed by atoms with Gasteiger partial charge in [-0.15, -0.1) is 0 Å². The van der Waals surface area contributed by atoms with Gasteiger partial charge < -0.3 is 5.32 Å². The number of amides is 1. The Morgan fingerprint density at radius 3 is 2.85 bits per heavy atom. The molecule has 0 aliphatic carbocycles. The van der Waals surface area contributed by atoms with Crippen LogP contribution in [0.25, 0.3) is 0 Å². The van der Waals surface area contributed by atoms with Crippen LogP contribution in [0, 0.1) is 5.82 Å². The van der Waals surface area contributed by atoms with E-state index < -0.39 is 5.82 Å². The van der Waals surface area contributed by atoms with Gasteiger partial charge in [0.25, 0.3) is 0 Å². The zero-order valence-electron chi connectivity index (χ0n) is 11.2. The summed E-state index contributed by atoms with van der Waals surface area (Å²) in [5.74, 6) is -0.234. The van der Waals surface area contributed by atoms with Crippen molar-refractivity contribution in [2.24, 2.45) is 0 Å². The molecule has 20 heavy (non-hydrogen) atoms. The van der Waals surface area contributed by atoms with E-state index in [9.17, 15) is 9.18 Å².